The van der Waals surface area contributed by atoms with Gasteiger partial charge in [-0.3, -0.25) is 0 Å². The summed E-state index contributed by atoms with van der Waals surface area (Å²) >= 11 is 6.41. The molecule has 9 heavy (non-hydrogen) atoms. The maximum atomic E-state index is 4.30. The lowest BCUT2D eigenvalue weighted by Crippen LogP contribution is -2.12. The molecule has 0 N–H and O–H groups in total. The van der Waals surface area contributed by atoms with Gasteiger partial charge < -0.3 is 0 Å². The highest BCUT2D eigenvalue weighted by atomic mass is 33.1. The van der Waals surface area contributed by atoms with Gasteiger partial charge in [0.05, 0.1) is 0 Å². The van der Waals surface area contributed by atoms with Gasteiger partial charge in [-0.25, -0.2) is 0 Å². The average Bonchev–Trinajstić information content (AvgIpc) is 2.62. The van der Waals surface area contributed by atoms with Gasteiger partial charge in [0, 0.05) is 4.75 Å². The minimum Gasteiger partial charge on any atom is -0.162 e. The fourth-order valence-corrected chi connectivity index (χ4v) is 4.78. The summed E-state index contributed by atoms with van der Waals surface area (Å²) in [5.41, 5.74) is 0. The molecule has 0 bridgehead atoms. The molecule has 2 rings (SSSR count). The average molecular weight is 178 g/mol. The van der Waals surface area contributed by atoms with Crippen molar-refractivity contribution in [2.75, 3.05) is 11.5 Å². The van der Waals surface area contributed by atoms with Gasteiger partial charge in [-0.15, -0.1) is 11.7 Å². The van der Waals surface area contributed by atoms with Crippen LogP contribution < -0.4 is 0 Å². The molecule has 0 aromatic rings. The molecule has 0 aromatic heterocycles. The van der Waals surface area contributed by atoms with Crippen LogP contribution in [-0.2, 0) is 0 Å². The highest BCUT2D eigenvalue weighted by Gasteiger charge is 2.55. The smallest absolute Gasteiger partial charge is 0.0309 e. The van der Waals surface area contributed by atoms with E-state index in [-0.39, 0.29) is 0 Å². The van der Waals surface area contributed by atoms with Gasteiger partial charge in [0.25, 0.3) is 0 Å². The van der Waals surface area contributed by atoms with Crippen molar-refractivity contribution in [2.45, 2.75) is 17.6 Å². The van der Waals surface area contributed by atoms with E-state index in [1.807, 2.05) is 0 Å². The Hall–Kier alpha value is 1.05. The summed E-state index contributed by atoms with van der Waals surface area (Å²) in [6, 6.07) is 0. The first-order valence-electron chi connectivity index (χ1n) is 3.28. The summed E-state index contributed by atoms with van der Waals surface area (Å²) in [5.74, 6) is 3.77. The third-order valence-electron chi connectivity index (χ3n) is 2.35. The summed E-state index contributed by atoms with van der Waals surface area (Å²) < 4.78 is 0.647. The van der Waals surface area contributed by atoms with Crippen LogP contribution in [0, 0.1) is 5.92 Å². The summed E-state index contributed by atoms with van der Waals surface area (Å²) in [4.78, 5) is 0. The number of hydrogen-bond donors (Lipinski definition) is 1. The van der Waals surface area contributed by atoms with Gasteiger partial charge in [0.1, 0.15) is 0 Å². The summed E-state index contributed by atoms with van der Waals surface area (Å²) in [6.45, 7) is 0. The topological polar surface area (TPSA) is 0 Å². The van der Waals surface area contributed by atoms with Gasteiger partial charge >= 0.3 is 0 Å². The molecule has 2 fully saturated rings. The molecular formula is C6H10S3. The fourth-order valence-electron chi connectivity index (χ4n) is 1.50. The summed E-state index contributed by atoms with van der Waals surface area (Å²) in [7, 11) is 1.80. The zero-order valence-corrected chi connectivity index (χ0v) is 7.70. The normalized spacial score (nSPS) is 48.3. The lowest BCUT2D eigenvalue weighted by Gasteiger charge is -2.17. The van der Waals surface area contributed by atoms with Gasteiger partial charge in [0.2, 0.25) is 0 Å². The molecule has 1 saturated heterocycles. The minimum atomic E-state index is 0.647. The molecule has 1 aliphatic carbocycles. The highest BCUT2D eigenvalue weighted by molar-refractivity contribution is 8.69. The SMILES string of the molecule is SSC12CCSCC1C2. The van der Waals surface area contributed by atoms with E-state index >= 15 is 0 Å². The van der Waals surface area contributed by atoms with Crippen LogP contribution in [0.5, 0.6) is 0 Å². The first-order chi connectivity index (χ1) is 4.37. The molecule has 1 heterocycles. The quantitative estimate of drug-likeness (QED) is 0.484. The Labute approximate surface area is 69.4 Å². The second-order valence-corrected chi connectivity index (χ2v) is 5.58. The van der Waals surface area contributed by atoms with Gasteiger partial charge in [0.15, 0.2) is 0 Å². The largest absolute Gasteiger partial charge is 0.162 e. The third-order valence-corrected chi connectivity index (χ3v) is 5.64. The van der Waals surface area contributed by atoms with E-state index in [1.54, 1.807) is 10.8 Å². The highest BCUT2D eigenvalue weighted by Crippen LogP contribution is 2.61. The van der Waals surface area contributed by atoms with Crippen molar-refractivity contribution in [3.05, 3.63) is 0 Å². The molecule has 0 amide bonds. The summed E-state index contributed by atoms with van der Waals surface area (Å²) in [6.07, 6.45) is 2.84. The molecule has 2 unspecified atom stereocenters. The number of rotatable bonds is 1. The molecule has 2 aliphatic rings. The Morgan fingerprint density at radius 1 is 1.67 bits per heavy atom. The van der Waals surface area contributed by atoms with E-state index in [0.29, 0.717) is 4.75 Å². The van der Waals surface area contributed by atoms with E-state index in [0.717, 1.165) is 5.92 Å². The monoisotopic (exact) mass is 178 g/mol. The predicted molar refractivity (Wildman–Crippen MR) is 49.4 cm³/mol. The van der Waals surface area contributed by atoms with Crippen LogP contribution in [-0.4, -0.2) is 16.3 Å². The van der Waals surface area contributed by atoms with Gasteiger partial charge in [-0.1, -0.05) is 10.8 Å². The Kier molecular flexibility index (Phi) is 1.71. The minimum absolute atomic E-state index is 0.647. The van der Waals surface area contributed by atoms with Crippen molar-refractivity contribution < 1.29 is 0 Å². The number of thiol groups is 1. The van der Waals surface area contributed by atoms with Crippen LogP contribution in [0.25, 0.3) is 0 Å². The van der Waals surface area contributed by atoms with Crippen LogP contribution in [0.15, 0.2) is 0 Å². The maximum absolute atomic E-state index is 4.30. The molecule has 52 valence electrons. The van der Waals surface area contributed by atoms with Crippen LogP contribution >= 0.6 is 34.2 Å². The van der Waals surface area contributed by atoms with E-state index in [1.165, 1.54) is 24.3 Å². The third kappa shape index (κ3) is 1.02. The number of fused-ring (bicyclic) bond motifs is 1. The van der Waals surface area contributed by atoms with Crippen molar-refractivity contribution in [1.82, 2.24) is 0 Å². The van der Waals surface area contributed by atoms with Gasteiger partial charge in [-0.05, 0) is 30.3 Å². The molecule has 0 radical (unpaired) electrons. The zero-order chi connectivity index (χ0) is 6.32. The van der Waals surface area contributed by atoms with E-state index in [2.05, 4.69) is 23.4 Å². The van der Waals surface area contributed by atoms with Crippen molar-refractivity contribution in [1.29, 1.82) is 0 Å². The molecule has 1 aliphatic heterocycles. The second-order valence-electron chi connectivity index (χ2n) is 2.88. The van der Waals surface area contributed by atoms with Crippen LogP contribution in [0.3, 0.4) is 0 Å². The van der Waals surface area contributed by atoms with Crippen molar-refractivity contribution in [3.8, 4) is 0 Å². The second kappa shape index (κ2) is 2.28. The van der Waals surface area contributed by atoms with Crippen molar-refractivity contribution >= 4 is 34.2 Å². The zero-order valence-electron chi connectivity index (χ0n) is 5.17. The van der Waals surface area contributed by atoms with Crippen LogP contribution in [0.4, 0.5) is 0 Å². The van der Waals surface area contributed by atoms with E-state index in [9.17, 15) is 0 Å². The molecule has 2 atom stereocenters. The molecule has 0 aromatic carbocycles. The van der Waals surface area contributed by atoms with E-state index < -0.39 is 0 Å². The molecule has 0 spiro atoms. The first kappa shape index (κ1) is 6.74. The van der Waals surface area contributed by atoms with E-state index in [4.69, 9.17) is 0 Å². The summed E-state index contributed by atoms with van der Waals surface area (Å²) in [5, 5.41) is 0. The Bertz CT molecular complexity index is 125. The predicted octanol–water partition coefficient (Wildman–Crippen LogP) is 2.46. The number of hydrogen-bond acceptors (Lipinski definition) is 3. The molecule has 1 saturated carbocycles. The Morgan fingerprint density at radius 3 is 3.11 bits per heavy atom. The van der Waals surface area contributed by atoms with Crippen LogP contribution in [0.2, 0.25) is 0 Å². The first-order valence-corrected chi connectivity index (χ1v) is 6.30. The van der Waals surface area contributed by atoms with Crippen molar-refractivity contribution in [2.24, 2.45) is 5.92 Å². The van der Waals surface area contributed by atoms with Crippen molar-refractivity contribution in [3.63, 3.8) is 0 Å². The molecule has 3 heteroatoms. The lowest BCUT2D eigenvalue weighted by atomic mass is 10.2. The number of thioether (sulfide) groups is 1. The Balaban J connectivity index is 2.01. The molecular weight excluding hydrogens is 168 g/mol. The Morgan fingerprint density at radius 2 is 2.56 bits per heavy atom. The fraction of sp³-hybridized carbons (Fsp3) is 1.00. The standard InChI is InChI=1S/C6H10S3/c7-9-6-1-2-8-4-5(6)3-6/h5,7H,1-4H2. The van der Waals surface area contributed by atoms with Crippen LogP contribution in [0.1, 0.15) is 12.8 Å². The maximum Gasteiger partial charge on any atom is 0.0309 e. The molecule has 0 nitrogen and oxygen atoms in total. The lowest BCUT2D eigenvalue weighted by molar-refractivity contribution is 0.770. The van der Waals surface area contributed by atoms with Gasteiger partial charge in [-0.2, -0.15) is 11.8 Å².